The molecule has 0 aliphatic heterocycles. The van der Waals surface area contributed by atoms with Gasteiger partial charge in [0.25, 0.3) is 0 Å². The topological polar surface area (TPSA) is 0 Å². The van der Waals surface area contributed by atoms with Crippen LogP contribution in [0.4, 0.5) is 0 Å². The van der Waals surface area contributed by atoms with E-state index in [-0.39, 0.29) is 0 Å². The summed E-state index contributed by atoms with van der Waals surface area (Å²) in [6.07, 6.45) is 9.03. The molecule has 0 aromatic heterocycles. The number of hydrogen-bond acceptors (Lipinski definition) is 0. The molecule has 0 nitrogen and oxygen atoms in total. The van der Waals surface area contributed by atoms with Crippen LogP contribution in [0, 0.1) is 0 Å². The number of hydrogen-bond donors (Lipinski definition) is 0. The predicted octanol–water partition coefficient (Wildman–Crippen LogP) is 5.86. The first-order chi connectivity index (χ1) is 9.92. The van der Waals surface area contributed by atoms with Crippen LogP contribution < -0.4 is 0 Å². The van der Waals surface area contributed by atoms with Crippen LogP contribution in [0.3, 0.4) is 0 Å². The van der Waals surface area contributed by atoms with E-state index in [0.717, 1.165) is 12.8 Å². The van der Waals surface area contributed by atoms with Gasteiger partial charge in [-0.25, -0.2) is 0 Å². The minimum absolute atomic E-state index is 1.11. The smallest absolute Gasteiger partial charge is 0.0151 e. The lowest BCUT2D eigenvalue weighted by Gasteiger charge is -2.08. The Kier molecular flexibility index (Phi) is 5.85. The van der Waals surface area contributed by atoms with E-state index in [9.17, 15) is 0 Å². The molecule has 0 aliphatic rings. The third kappa shape index (κ3) is 4.24. The summed E-state index contributed by atoms with van der Waals surface area (Å²) in [6.45, 7) is 3.77. The van der Waals surface area contributed by atoms with Crippen LogP contribution in [0.5, 0.6) is 0 Å². The summed E-state index contributed by atoms with van der Waals surface area (Å²) in [5.74, 6) is 0. The van der Waals surface area contributed by atoms with Crippen molar-refractivity contribution >= 4 is 5.57 Å². The minimum Gasteiger partial charge on any atom is -0.103 e. The van der Waals surface area contributed by atoms with E-state index in [2.05, 4.69) is 73.3 Å². The highest BCUT2D eigenvalue weighted by atomic mass is 14.1. The van der Waals surface area contributed by atoms with Gasteiger partial charge in [-0.05, 0) is 42.4 Å². The maximum atomic E-state index is 3.77. The Bertz CT molecular complexity index is 493. The molecule has 0 fully saturated rings. The molecule has 2 aromatic carbocycles. The van der Waals surface area contributed by atoms with E-state index in [4.69, 9.17) is 0 Å². The molecular formula is C20H22. The molecule has 0 saturated heterocycles. The summed E-state index contributed by atoms with van der Waals surface area (Å²) in [6, 6.07) is 21.3. The van der Waals surface area contributed by atoms with E-state index in [1.807, 2.05) is 6.08 Å². The van der Waals surface area contributed by atoms with Gasteiger partial charge in [0, 0.05) is 0 Å². The van der Waals surface area contributed by atoms with E-state index >= 15 is 0 Å². The molecule has 0 spiro atoms. The molecule has 102 valence electrons. The van der Waals surface area contributed by atoms with Gasteiger partial charge in [-0.1, -0.05) is 72.8 Å². The standard InChI is InChI=1S/C20H22/c1-2-3-4-5-12-17-20(18-13-8-6-9-14-18)19-15-10-7-11-16-19/h2,6-11,13-17H,1,3-5,12H2. The monoisotopic (exact) mass is 262 g/mol. The van der Waals surface area contributed by atoms with E-state index < -0.39 is 0 Å². The van der Waals surface area contributed by atoms with Gasteiger partial charge in [-0.2, -0.15) is 0 Å². The first-order valence-electron chi connectivity index (χ1n) is 7.33. The van der Waals surface area contributed by atoms with Crippen LogP contribution >= 0.6 is 0 Å². The Balaban J connectivity index is 2.17. The zero-order valence-corrected chi connectivity index (χ0v) is 12.0. The van der Waals surface area contributed by atoms with Gasteiger partial charge >= 0.3 is 0 Å². The zero-order valence-electron chi connectivity index (χ0n) is 12.0. The van der Waals surface area contributed by atoms with E-state index in [1.54, 1.807) is 0 Å². The van der Waals surface area contributed by atoms with Crippen LogP contribution in [-0.4, -0.2) is 0 Å². The van der Waals surface area contributed by atoms with Crippen molar-refractivity contribution in [2.24, 2.45) is 0 Å². The highest BCUT2D eigenvalue weighted by molar-refractivity contribution is 5.79. The summed E-state index contributed by atoms with van der Waals surface area (Å²) in [4.78, 5) is 0. The number of unbranched alkanes of at least 4 members (excludes halogenated alkanes) is 3. The first kappa shape index (κ1) is 14.3. The SMILES string of the molecule is C=CCCCCC=C(c1ccccc1)c1ccccc1. The van der Waals surface area contributed by atoms with Crippen molar-refractivity contribution < 1.29 is 0 Å². The van der Waals surface area contributed by atoms with Crippen molar-refractivity contribution in [2.75, 3.05) is 0 Å². The van der Waals surface area contributed by atoms with Crippen LogP contribution in [0.2, 0.25) is 0 Å². The maximum Gasteiger partial charge on any atom is -0.0151 e. The Morgan fingerprint density at radius 3 is 1.75 bits per heavy atom. The third-order valence-corrected chi connectivity index (χ3v) is 3.38. The van der Waals surface area contributed by atoms with Crippen molar-refractivity contribution in [3.05, 3.63) is 90.5 Å². The Morgan fingerprint density at radius 2 is 1.25 bits per heavy atom. The molecule has 0 radical (unpaired) electrons. The second-order valence-electron chi connectivity index (χ2n) is 4.92. The molecule has 0 aliphatic carbocycles. The normalized spacial score (nSPS) is 10.0. The number of rotatable bonds is 7. The minimum atomic E-state index is 1.11. The fourth-order valence-corrected chi connectivity index (χ4v) is 2.32. The van der Waals surface area contributed by atoms with Gasteiger partial charge < -0.3 is 0 Å². The van der Waals surface area contributed by atoms with Gasteiger partial charge in [0.2, 0.25) is 0 Å². The fourth-order valence-electron chi connectivity index (χ4n) is 2.32. The quantitative estimate of drug-likeness (QED) is 0.433. The average molecular weight is 262 g/mol. The molecular weight excluding hydrogens is 240 g/mol. The van der Waals surface area contributed by atoms with Crippen LogP contribution in [-0.2, 0) is 0 Å². The second-order valence-corrected chi connectivity index (χ2v) is 4.92. The fraction of sp³-hybridized carbons (Fsp3) is 0.200. The van der Waals surface area contributed by atoms with Gasteiger partial charge in [0.1, 0.15) is 0 Å². The van der Waals surface area contributed by atoms with Crippen molar-refractivity contribution in [2.45, 2.75) is 25.7 Å². The van der Waals surface area contributed by atoms with Crippen molar-refractivity contribution in [3.63, 3.8) is 0 Å². The van der Waals surface area contributed by atoms with E-state index in [0.29, 0.717) is 0 Å². The Morgan fingerprint density at radius 1 is 0.750 bits per heavy atom. The summed E-state index contributed by atoms with van der Waals surface area (Å²) in [5, 5.41) is 0. The van der Waals surface area contributed by atoms with Gasteiger partial charge in [0.15, 0.2) is 0 Å². The van der Waals surface area contributed by atoms with Crippen molar-refractivity contribution in [1.82, 2.24) is 0 Å². The molecule has 20 heavy (non-hydrogen) atoms. The summed E-state index contributed by atoms with van der Waals surface area (Å²) >= 11 is 0. The molecule has 0 saturated carbocycles. The molecule has 0 N–H and O–H groups in total. The van der Waals surface area contributed by atoms with Gasteiger partial charge in [-0.15, -0.1) is 6.58 Å². The lowest BCUT2D eigenvalue weighted by atomic mass is 9.96. The van der Waals surface area contributed by atoms with Gasteiger partial charge in [0.05, 0.1) is 0 Å². The molecule has 2 aromatic rings. The summed E-state index contributed by atoms with van der Waals surface area (Å²) < 4.78 is 0. The maximum absolute atomic E-state index is 3.77. The number of benzene rings is 2. The highest BCUT2D eigenvalue weighted by Crippen LogP contribution is 2.24. The van der Waals surface area contributed by atoms with Crippen LogP contribution in [0.25, 0.3) is 5.57 Å². The van der Waals surface area contributed by atoms with Crippen molar-refractivity contribution in [3.8, 4) is 0 Å². The second kappa shape index (κ2) is 8.16. The lowest BCUT2D eigenvalue weighted by molar-refractivity contribution is 0.763. The third-order valence-electron chi connectivity index (χ3n) is 3.38. The Labute approximate surface area is 122 Å². The molecule has 0 heteroatoms. The molecule has 0 bridgehead atoms. The lowest BCUT2D eigenvalue weighted by Crippen LogP contribution is -1.88. The molecule has 0 unspecified atom stereocenters. The molecule has 0 atom stereocenters. The number of allylic oxidation sites excluding steroid dienone is 2. The largest absolute Gasteiger partial charge is 0.103 e. The molecule has 2 rings (SSSR count). The van der Waals surface area contributed by atoms with Gasteiger partial charge in [-0.3, -0.25) is 0 Å². The van der Waals surface area contributed by atoms with E-state index in [1.165, 1.54) is 29.5 Å². The zero-order chi connectivity index (χ0) is 14.0. The first-order valence-corrected chi connectivity index (χ1v) is 7.33. The summed E-state index contributed by atoms with van der Waals surface area (Å²) in [7, 11) is 0. The molecule has 0 heterocycles. The highest BCUT2D eigenvalue weighted by Gasteiger charge is 2.03. The average Bonchev–Trinajstić information content (AvgIpc) is 2.53. The predicted molar refractivity (Wildman–Crippen MR) is 88.6 cm³/mol. The van der Waals surface area contributed by atoms with Crippen molar-refractivity contribution in [1.29, 1.82) is 0 Å². The molecule has 0 amide bonds. The van der Waals surface area contributed by atoms with Crippen LogP contribution in [0.1, 0.15) is 36.8 Å². The summed E-state index contributed by atoms with van der Waals surface area (Å²) in [5.41, 5.74) is 3.93. The Hall–Kier alpha value is -2.08. The van der Waals surface area contributed by atoms with Crippen LogP contribution in [0.15, 0.2) is 79.4 Å².